The van der Waals surface area contributed by atoms with Crippen LogP contribution in [0.4, 0.5) is 5.13 Å². The lowest BCUT2D eigenvalue weighted by molar-refractivity contribution is -0.119. The summed E-state index contributed by atoms with van der Waals surface area (Å²) in [6.07, 6.45) is 3.45. The number of carbonyl (C=O) groups excluding carboxylic acids is 1. The van der Waals surface area contributed by atoms with E-state index < -0.39 is 0 Å². The van der Waals surface area contributed by atoms with Crippen molar-refractivity contribution >= 4 is 44.4 Å². The number of fused-ring (bicyclic) bond motifs is 1. The van der Waals surface area contributed by atoms with Crippen molar-refractivity contribution in [3.05, 3.63) is 30.2 Å². The molecule has 1 aromatic heterocycles. The minimum atomic E-state index is -0.210. The lowest BCUT2D eigenvalue weighted by Crippen LogP contribution is -2.44. The molecule has 0 bridgehead atoms. The van der Waals surface area contributed by atoms with Gasteiger partial charge >= 0.3 is 0 Å². The number of rotatable bonds is 6. The van der Waals surface area contributed by atoms with E-state index in [1.54, 1.807) is 16.7 Å². The summed E-state index contributed by atoms with van der Waals surface area (Å²) in [7, 11) is 0. The third-order valence-electron chi connectivity index (χ3n) is 4.67. The molecule has 0 radical (unpaired) electrons. The molecular weight excluding hydrogens is 398 g/mol. The smallest absolute Gasteiger partial charge is 0.298 e. The largest absolute Gasteiger partial charge is 0.494 e. The first kappa shape index (κ1) is 19.5. The van der Waals surface area contributed by atoms with Crippen LogP contribution in [0.25, 0.3) is 10.2 Å². The fourth-order valence-electron chi connectivity index (χ4n) is 3.16. The van der Waals surface area contributed by atoms with E-state index in [9.17, 15) is 4.79 Å². The second-order valence-electron chi connectivity index (χ2n) is 6.42. The molecule has 150 valence electrons. The summed E-state index contributed by atoms with van der Waals surface area (Å²) in [6, 6.07) is 6.12. The van der Waals surface area contributed by atoms with Crippen LogP contribution in [-0.4, -0.2) is 74.7 Å². The van der Waals surface area contributed by atoms with Gasteiger partial charge in [-0.05, 0) is 18.4 Å². The Bertz CT molecular complexity index is 864. The van der Waals surface area contributed by atoms with Gasteiger partial charge in [-0.25, -0.2) is 4.98 Å². The highest BCUT2D eigenvalue weighted by molar-refractivity contribution is 7.98. The SMILES string of the molecule is CSc1cccc2sc(N(CCN3CCOCC3)C(=O)C3=COCCO3)nc12. The van der Waals surface area contributed by atoms with Crippen LogP contribution in [0.2, 0.25) is 0 Å². The van der Waals surface area contributed by atoms with Gasteiger partial charge in [0.2, 0.25) is 5.76 Å². The molecular formula is C19H23N3O4S2. The van der Waals surface area contributed by atoms with Gasteiger partial charge in [-0.1, -0.05) is 17.4 Å². The zero-order valence-electron chi connectivity index (χ0n) is 15.8. The molecule has 0 aliphatic carbocycles. The van der Waals surface area contributed by atoms with E-state index in [0.717, 1.165) is 48.0 Å². The number of carbonyl (C=O) groups is 1. The predicted octanol–water partition coefficient (Wildman–Crippen LogP) is 2.57. The van der Waals surface area contributed by atoms with Gasteiger partial charge in [0.05, 0.1) is 23.4 Å². The zero-order valence-corrected chi connectivity index (χ0v) is 17.4. The molecule has 2 aromatic rings. The topological polar surface area (TPSA) is 64.1 Å². The number of anilines is 1. The first-order valence-electron chi connectivity index (χ1n) is 9.26. The zero-order chi connectivity index (χ0) is 19.3. The van der Waals surface area contributed by atoms with Crippen molar-refractivity contribution in [3.8, 4) is 0 Å². The van der Waals surface area contributed by atoms with Crippen molar-refractivity contribution in [2.24, 2.45) is 0 Å². The fourth-order valence-corrected chi connectivity index (χ4v) is 4.80. The summed E-state index contributed by atoms with van der Waals surface area (Å²) in [5, 5.41) is 0.685. The Hall–Kier alpha value is -1.81. The average Bonchev–Trinajstić information content (AvgIpc) is 3.19. The summed E-state index contributed by atoms with van der Waals surface area (Å²) < 4.78 is 17.3. The highest BCUT2D eigenvalue weighted by Gasteiger charge is 2.27. The summed E-state index contributed by atoms with van der Waals surface area (Å²) >= 11 is 3.19. The quantitative estimate of drug-likeness (QED) is 0.664. The van der Waals surface area contributed by atoms with E-state index in [4.69, 9.17) is 19.2 Å². The number of morpholine rings is 1. The summed E-state index contributed by atoms with van der Waals surface area (Å²) in [5.74, 6) is 0.0234. The number of hydrogen-bond donors (Lipinski definition) is 0. The molecule has 2 aliphatic rings. The van der Waals surface area contributed by atoms with Crippen molar-refractivity contribution < 1.29 is 19.0 Å². The van der Waals surface area contributed by atoms with Gasteiger partial charge in [0.25, 0.3) is 5.91 Å². The van der Waals surface area contributed by atoms with Gasteiger partial charge in [-0.2, -0.15) is 0 Å². The van der Waals surface area contributed by atoms with Crippen molar-refractivity contribution in [1.82, 2.24) is 9.88 Å². The highest BCUT2D eigenvalue weighted by Crippen LogP contribution is 2.34. The standard InChI is InChI=1S/C19H23N3O4S2/c1-27-15-3-2-4-16-17(15)20-19(28-16)22(6-5-21-7-9-24-10-8-21)18(23)14-13-25-11-12-26-14/h2-4,13H,5-12H2,1H3. The van der Waals surface area contributed by atoms with Crippen LogP contribution in [0.5, 0.6) is 0 Å². The van der Waals surface area contributed by atoms with Crippen molar-refractivity contribution in [3.63, 3.8) is 0 Å². The van der Waals surface area contributed by atoms with E-state index in [-0.39, 0.29) is 11.7 Å². The van der Waals surface area contributed by atoms with Crippen molar-refractivity contribution in [2.45, 2.75) is 4.90 Å². The van der Waals surface area contributed by atoms with Gasteiger partial charge in [-0.15, -0.1) is 11.8 Å². The van der Waals surface area contributed by atoms with E-state index in [0.29, 0.717) is 24.9 Å². The predicted molar refractivity (Wildman–Crippen MR) is 111 cm³/mol. The molecule has 7 nitrogen and oxygen atoms in total. The monoisotopic (exact) mass is 421 g/mol. The van der Waals surface area contributed by atoms with E-state index in [2.05, 4.69) is 11.0 Å². The number of thioether (sulfide) groups is 1. The molecule has 0 N–H and O–H groups in total. The van der Waals surface area contributed by atoms with Crippen molar-refractivity contribution in [2.75, 3.05) is 63.8 Å². The molecule has 0 spiro atoms. The number of hydrogen-bond acceptors (Lipinski definition) is 8. The first-order chi connectivity index (χ1) is 13.8. The Labute approximate surface area is 172 Å². The van der Waals surface area contributed by atoms with Gasteiger partial charge in [0.1, 0.15) is 19.5 Å². The summed E-state index contributed by atoms with van der Waals surface area (Å²) in [6.45, 7) is 5.35. The Morgan fingerprint density at radius 2 is 2.14 bits per heavy atom. The Kier molecular flexibility index (Phi) is 6.36. The molecule has 9 heteroatoms. The number of benzene rings is 1. The second kappa shape index (κ2) is 9.13. The molecule has 1 fully saturated rings. The summed E-state index contributed by atoms with van der Waals surface area (Å²) in [4.78, 5) is 23.1. The van der Waals surface area contributed by atoms with Gasteiger partial charge < -0.3 is 14.2 Å². The first-order valence-corrected chi connectivity index (χ1v) is 11.3. The fraction of sp³-hybridized carbons (Fsp3) is 0.474. The average molecular weight is 422 g/mol. The van der Waals surface area contributed by atoms with E-state index >= 15 is 0 Å². The molecule has 4 rings (SSSR count). The minimum absolute atomic E-state index is 0.210. The van der Waals surface area contributed by atoms with Gasteiger partial charge in [-0.3, -0.25) is 14.6 Å². The third kappa shape index (κ3) is 4.27. The number of amides is 1. The van der Waals surface area contributed by atoms with E-state index in [1.165, 1.54) is 17.6 Å². The van der Waals surface area contributed by atoms with Crippen molar-refractivity contribution in [1.29, 1.82) is 0 Å². The summed E-state index contributed by atoms with van der Waals surface area (Å²) in [5.41, 5.74) is 0.939. The Morgan fingerprint density at radius 1 is 1.29 bits per heavy atom. The third-order valence-corrected chi connectivity index (χ3v) is 6.48. The van der Waals surface area contributed by atoms with E-state index in [1.807, 2.05) is 18.4 Å². The van der Waals surface area contributed by atoms with Crippen LogP contribution >= 0.6 is 23.1 Å². The number of para-hydroxylation sites is 1. The van der Waals surface area contributed by atoms with Gasteiger partial charge in [0.15, 0.2) is 5.13 Å². The van der Waals surface area contributed by atoms with Crippen LogP contribution in [0, 0.1) is 0 Å². The highest BCUT2D eigenvalue weighted by atomic mass is 32.2. The Balaban J connectivity index is 1.61. The van der Waals surface area contributed by atoms with Crippen LogP contribution < -0.4 is 4.90 Å². The maximum absolute atomic E-state index is 13.2. The lowest BCUT2D eigenvalue weighted by atomic mass is 10.3. The molecule has 28 heavy (non-hydrogen) atoms. The van der Waals surface area contributed by atoms with Crippen LogP contribution in [-0.2, 0) is 19.0 Å². The second-order valence-corrected chi connectivity index (χ2v) is 8.27. The molecule has 0 saturated carbocycles. The van der Waals surface area contributed by atoms with Crippen LogP contribution in [0.3, 0.4) is 0 Å². The molecule has 3 heterocycles. The molecule has 0 unspecified atom stereocenters. The number of thiazole rings is 1. The Morgan fingerprint density at radius 3 is 2.89 bits per heavy atom. The number of ether oxygens (including phenoxy) is 3. The molecule has 1 saturated heterocycles. The van der Waals surface area contributed by atoms with Crippen LogP contribution in [0.15, 0.2) is 35.1 Å². The maximum Gasteiger partial charge on any atom is 0.298 e. The van der Waals surface area contributed by atoms with Crippen LogP contribution in [0.1, 0.15) is 0 Å². The molecule has 1 aromatic carbocycles. The lowest BCUT2D eigenvalue weighted by Gasteiger charge is -2.29. The minimum Gasteiger partial charge on any atom is -0.494 e. The normalized spacial score (nSPS) is 17.7. The molecule has 1 amide bonds. The van der Waals surface area contributed by atoms with Gasteiger partial charge in [0, 0.05) is 31.1 Å². The number of nitrogens with zero attached hydrogens (tertiary/aromatic N) is 3. The maximum atomic E-state index is 13.2. The number of aromatic nitrogens is 1. The molecule has 2 aliphatic heterocycles. The molecule has 0 atom stereocenters.